The van der Waals surface area contributed by atoms with Gasteiger partial charge in [-0.15, -0.1) is 0 Å². The Balaban J connectivity index is 0.000000653. The number of ether oxygens (including phenoxy) is 1. The van der Waals surface area contributed by atoms with Crippen LogP contribution in [0.1, 0.15) is 12.8 Å². The first-order valence-electron chi connectivity index (χ1n) is 4.77. The molecule has 0 aromatic rings. The fourth-order valence-corrected chi connectivity index (χ4v) is 3.22. The van der Waals surface area contributed by atoms with E-state index in [2.05, 4.69) is 14.1 Å². The molecule has 3 rings (SSSR count). The molecule has 0 radical (unpaired) electrons. The summed E-state index contributed by atoms with van der Waals surface area (Å²) >= 11 is 0. The number of hydrogen-bond acceptors (Lipinski definition) is 2. The van der Waals surface area contributed by atoms with Gasteiger partial charge < -0.3 is 31.3 Å². The lowest BCUT2D eigenvalue weighted by Crippen LogP contribution is -3.00. The minimum atomic E-state index is -0.0671. The third kappa shape index (κ3) is 1.12. The molecular formula is C9H16BrNO2. The van der Waals surface area contributed by atoms with Gasteiger partial charge in [-0.1, -0.05) is 0 Å². The van der Waals surface area contributed by atoms with Crippen molar-refractivity contribution >= 4 is 0 Å². The molecule has 0 spiro atoms. The number of epoxide rings is 1. The zero-order valence-electron chi connectivity index (χ0n) is 7.98. The van der Waals surface area contributed by atoms with E-state index in [1.54, 1.807) is 0 Å². The number of halogens is 1. The molecule has 3 saturated heterocycles. The smallest absolute Gasteiger partial charge is 0.142 e. The van der Waals surface area contributed by atoms with Crippen molar-refractivity contribution in [3.05, 3.63) is 0 Å². The van der Waals surface area contributed by atoms with Crippen LogP contribution >= 0.6 is 0 Å². The van der Waals surface area contributed by atoms with Crippen LogP contribution in [0.15, 0.2) is 0 Å². The lowest BCUT2D eigenvalue weighted by Gasteiger charge is -2.44. The van der Waals surface area contributed by atoms with E-state index in [9.17, 15) is 5.11 Å². The van der Waals surface area contributed by atoms with E-state index in [0.717, 1.165) is 17.3 Å². The van der Waals surface area contributed by atoms with E-state index in [1.165, 1.54) is 0 Å². The van der Waals surface area contributed by atoms with Crippen molar-refractivity contribution in [3.63, 3.8) is 0 Å². The van der Waals surface area contributed by atoms with Gasteiger partial charge in [-0.2, -0.15) is 0 Å². The molecule has 3 aliphatic rings. The number of likely N-dealkylation sites (N-methyl/N-ethyl adjacent to an activating group) is 1. The van der Waals surface area contributed by atoms with Crippen molar-refractivity contribution in [1.82, 2.24) is 0 Å². The number of morpholine rings is 1. The van der Waals surface area contributed by atoms with E-state index in [4.69, 9.17) is 4.74 Å². The van der Waals surface area contributed by atoms with Crippen LogP contribution in [0.2, 0.25) is 0 Å². The first-order chi connectivity index (χ1) is 5.60. The second-order valence-electron chi connectivity index (χ2n) is 4.95. The number of quaternary nitrogens is 1. The number of piperidine rings is 1. The summed E-state index contributed by atoms with van der Waals surface area (Å²) in [6, 6.07) is 1.12. The fourth-order valence-electron chi connectivity index (χ4n) is 3.22. The average molecular weight is 250 g/mol. The van der Waals surface area contributed by atoms with Gasteiger partial charge in [0.05, 0.1) is 20.2 Å². The van der Waals surface area contributed by atoms with Crippen LogP contribution in [0.5, 0.6) is 0 Å². The maximum absolute atomic E-state index is 9.60. The number of aliphatic hydroxyl groups is 1. The van der Waals surface area contributed by atoms with Gasteiger partial charge in [-0.25, -0.2) is 0 Å². The number of rotatable bonds is 0. The summed E-state index contributed by atoms with van der Waals surface area (Å²) in [4.78, 5) is 0. The Morgan fingerprint density at radius 3 is 2.08 bits per heavy atom. The maximum Gasteiger partial charge on any atom is 0.142 e. The summed E-state index contributed by atoms with van der Waals surface area (Å²) in [7, 11) is 4.55. The molecule has 0 aromatic heterocycles. The standard InChI is InChI=1S/C9H16NO2.BrH/c1-10(2)6-3-5(11)4-7(10)9-8(6)12-9;/h5-9,11H,3-4H2,1-2H3;1H/q+1;/p-1/t5?,6-,7+,8-,9+;. The molecule has 1 N–H and O–H groups in total. The predicted octanol–water partition coefficient (Wildman–Crippen LogP) is -3.26. The van der Waals surface area contributed by atoms with Gasteiger partial charge in [0.25, 0.3) is 0 Å². The normalized spacial score (nSPS) is 55.2. The molecular weight excluding hydrogens is 234 g/mol. The Bertz CT molecular complexity index is 214. The summed E-state index contributed by atoms with van der Waals surface area (Å²) in [5, 5.41) is 9.60. The molecule has 0 aromatic carbocycles. The SMILES string of the molecule is C[N+]1(C)[C@@H]2CC(O)C[C@H]1[C@@H]1O[C@@H]12.[Br-]. The minimum Gasteiger partial charge on any atom is -1.00 e. The van der Waals surface area contributed by atoms with E-state index >= 15 is 0 Å². The summed E-state index contributed by atoms with van der Waals surface area (Å²) < 4.78 is 6.65. The molecule has 0 amide bonds. The largest absolute Gasteiger partial charge is 1.00 e. The summed E-state index contributed by atoms with van der Waals surface area (Å²) in [6.07, 6.45) is 2.75. The van der Waals surface area contributed by atoms with Crippen molar-refractivity contribution < 1.29 is 31.3 Å². The number of aliphatic hydroxyl groups excluding tert-OH is 1. The number of hydrogen-bond donors (Lipinski definition) is 1. The Labute approximate surface area is 89.0 Å². The van der Waals surface area contributed by atoms with Crippen LogP contribution in [-0.4, -0.2) is 54.1 Å². The first kappa shape index (κ1) is 9.90. The molecule has 3 heterocycles. The molecule has 3 fully saturated rings. The average Bonchev–Trinajstić information content (AvgIpc) is 2.66. The molecule has 3 nitrogen and oxygen atoms in total. The van der Waals surface area contributed by atoms with Gasteiger partial charge in [0, 0.05) is 12.8 Å². The first-order valence-corrected chi connectivity index (χ1v) is 4.77. The van der Waals surface area contributed by atoms with Gasteiger partial charge >= 0.3 is 0 Å². The highest BCUT2D eigenvalue weighted by Crippen LogP contribution is 2.50. The van der Waals surface area contributed by atoms with E-state index in [0.29, 0.717) is 24.3 Å². The lowest BCUT2D eigenvalue weighted by molar-refractivity contribution is -0.938. The fraction of sp³-hybridized carbons (Fsp3) is 1.00. The highest BCUT2D eigenvalue weighted by Gasteiger charge is 2.70. The van der Waals surface area contributed by atoms with Gasteiger partial charge in [-0.05, 0) is 0 Å². The quantitative estimate of drug-likeness (QED) is 0.361. The van der Waals surface area contributed by atoms with Crippen LogP contribution in [0, 0.1) is 0 Å². The van der Waals surface area contributed by atoms with Crippen LogP contribution in [-0.2, 0) is 4.74 Å². The van der Waals surface area contributed by atoms with Gasteiger partial charge in [0.1, 0.15) is 24.3 Å². The van der Waals surface area contributed by atoms with Crippen molar-refractivity contribution in [2.24, 2.45) is 0 Å². The Kier molecular flexibility index (Phi) is 2.05. The van der Waals surface area contributed by atoms with E-state index in [1.807, 2.05) is 0 Å². The number of nitrogens with zero attached hydrogens (tertiary/aromatic N) is 1. The van der Waals surface area contributed by atoms with Crippen molar-refractivity contribution in [2.75, 3.05) is 14.1 Å². The van der Waals surface area contributed by atoms with Gasteiger partial charge in [-0.3, -0.25) is 0 Å². The molecule has 0 saturated carbocycles. The molecule has 4 heteroatoms. The highest BCUT2D eigenvalue weighted by molar-refractivity contribution is 5.07. The summed E-state index contributed by atoms with van der Waals surface area (Å²) in [5.74, 6) is 0. The third-order valence-corrected chi connectivity index (χ3v) is 4.06. The molecule has 5 atom stereocenters. The van der Waals surface area contributed by atoms with Crippen molar-refractivity contribution in [2.45, 2.75) is 43.2 Å². The topological polar surface area (TPSA) is 32.8 Å². The zero-order valence-corrected chi connectivity index (χ0v) is 9.57. The molecule has 3 aliphatic heterocycles. The van der Waals surface area contributed by atoms with E-state index in [-0.39, 0.29) is 23.1 Å². The van der Waals surface area contributed by atoms with E-state index < -0.39 is 0 Å². The molecule has 2 bridgehead atoms. The third-order valence-electron chi connectivity index (χ3n) is 4.06. The minimum absolute atomic E-state index is 0. The number of fused-ring (bicyclic) bond motifs is 5. The second-order valence-corrected chi connectivity index (χ2v) is 4.95. The Hall–Kier alpha value is 0.360. The summed E-state index contributed by atoms with van der Waals surface area (Å²) in [5.41, 5.74) is 0. The molecule has 1 unspecified atom stereocenters. The monoisotopic (exact) mass is 249 g/mol. The van der Waals surface area contributed by atoms with Crippen molar-refractivity contribution in [3.8, 4) is 0 Å². The van der Waals surface area contributed by atoms with Crippen molar-refractivity contribution in [1.29, 1.82) is 0 Å². The van der Waals surface area contributed by atoms with Crippen LogP contribution in [0.3, 0.4) is 0 Å². The molecule has 13 heavy (non-hydrogen) atoms. The zero-order chi connectivity index (χ0) is 8.51. The van der Waals surface area contributed by atoms with Crippen LogP contribution < -0.4 is 17.0 Å². The Morgan fingerprint density at radius 1 is 1.15 bits per heavy atom. The molecule has 0 aliphatic carbocycles. The maximum atomic E-state index is 9.60. The predicted molar refractivity (Wildman–Crippen MR) is 43.6 cm³/mol. The second kappa shape index (κ2) is 2.69. The van der Waals surface area contributed by atoms with Gasteiger partial charge in [0.15, 0.2) is 0 Å². The lowest BCUT2D eigenvalue weighted by atomic mass is 9.97. The van der Waals surface area contributed by atoms with Crippen LogP contribution in [0.4, 0.5) is 0 Å². The van der Waals surface area contributed by atoms with Crippen LogP contribution in [0.25, 0.3) is 0 Å². The van der Waals surface area contributed by atoms with Gasteiger partial charge in [0.2, 0.25) is 0 Å². The summed E-state index contributed by atoms with van der Waals surface area (Å²) in [6.45, 7) is 0. The Morgan fingerprint density at radius 2 is 1.62 bits per heavy atom. The molecule has 76 valence electrons. The highest BCUT2D eigenvalue weighted by atomic mass is 79.9.